The summed E-state index contributed by atoms with van der Waals surface area (Å²) in [5, 5.41) is -0.0508. The van der Waals surface area contributed by atoms with Gasteiger partial charge in [-0.15, -0.1) is 11.3 Å². The molecule has 1 aliphatic rings. The van der Waals surface area contributed by atoms with Crippen molar-refractivity contribution in [2.24, 2.45) is 0 Å². The molecule has 108 valence electrons. The number of carbonyl (C=O) groups excluding carboxylic acids is 2. The van der Waals surface area contributed by atoms with Gasteiger partial charge in [-0.1, -0.05) is 38.1 Å². The fourth-order valence-electron chi connectivity index (χ4n) is 2.15. The minimum atomic E-state index is -1.29. The van der Waals surface area contributed by atoms with Crippen LogP contribution in [-0.4, -0.2) is 26.0 Å². The number of ketones is 2. The summed E-state index contributed by atoms with van der Waals surface area (Å²) in [7, 11) is -1.29. The minimum absolute atomic E-state index is 0.0508. The van der Waals surface area contributed by atoms with E-state index in [1.807, 2.05) is 13.8 Å². The molecule has 1 aromatic carbocycles. The van der Waals surface area contributed by atoms with E-state index >= 15 is 0 Å². The van der Waals surface area contributed by atoms with E-state index in [1.54, 1.807) is 24.3 Å². The monoisotopic (exact) mass is 319 g/mol. The first kappa shape index (κ1) is 14.3. The Balaban J connectivity index is 2.11. The summed E-state index contributed by atoms with van der Waals surface area (Å²) in [5.74, 6) is -0.464. The van der Waals surface area contributed by atoms with E-state index < -0.39 is 10.8 Å². The van der Waals surface area contributed by atoms with Gasteiger partial charge < -0.3 is 0 Å². The van der Waals surface area contributed by atoms with Crippen molar-refractivity contribution >= 4 is 33.7 Å². The molecule has 3 rings (SSSR count). The Hall–Kier alpha value is -1.66. The van der Waals surface area contributed by atoms with Crippen LogP contribution in [0.4, 0.5) is 0 Å². The molecule has 6 heteroatoms. The standard InChI is InChI=1S/C15H13NO3S2/c1-3-8(2)21(19)15-16-11-12(17)9-6-4-5-7-10(9)13(18)14(11)20-15/h4-8H,3H2,1-2H3. The van der Waals surface area contributed by atoms with Crippen LogP contribution < -0.4 is 0 Å². The molecule has 0 saturated carbocycles. The summed E-state index contributed by atoms with van der Waals surface area (Å²) in [6.07, 6.45) is 0.749. The van der Waals surface area contributed by atoms with Crippen LogP contribution in [0.3, 0.4) is 0 Å². The van der Waals surface area contributed by atoms with Gasteiger partial charge in [0.05, 0.1) is 10.8 Å². The highest BCUT2D eigenvalue weighted by Crippen LogP contribution is 2.32. The summed E-state index contributed by atoms with van der Waals surface area (Å²) in [5.41, 5.74) is 0.927. The maximum atomic E-state index is 12.4. The molecule has 21 heavy (non-hydrogen) atoms. The molecule has 0 radical (unpaired) electrons. The van der Waals surface area contributed by atoms with Gasteiger partial charge in [-0.2, -0.15) is 0 Å². The molecule has 0 N–H and O–H groups in total. The third-order valence-corrected chi connectivity index (χ3v) is 6.65. The van der Waals surface area contributed by atoms with Crippen molar-refractivity contribution in [1.29, 1.82) is 0 Å². The van der Waals surface area contributed by atoms with Gasteiger partial charge in [0, 0.05) is 16.4 Å². The van der Waals surface area contributed by atoms with Gasteiger partial charge in [0.1, 0.15) is 10.6 Å². The van der Waals surface area contributed by atoms with Crippen molar-refractivity contribution in [1.82, 2.24) is 4.98 Å². The van der Waals surface area contributed by atoms with E-state index in [0.717, 1.165) is 17.8 Å². The topological polar surface area (TPSA) is 64.1 Å². The van der Waals surface area contributed by atoms with Crippen LogP contribution >= 0.6 is 11.3 Å². The number of aromatic nitrogens is 1. The van der Waals surface area contributed by atoms with Crippen LogP contribution in [0.2, 0.25) is 0 Å². The zero-order valence-electron chi connectivity index (χ0n) is 11.6. The summed E-state index contributed by atoms with van der Waals surface area (Å²) in [4.78, 5) is 29.4. The normalized spacial score (nSPS) is 16.3. The van der Waals surface area contributed by atoms with E-state index in [4.69, 9.17) is 0 Å². The molecule has 0 saturated heterocycles. The van der Waals surface area contributed by atoms with Crippen LogP contribution in [0.25, 0.3) is 0 Å². The summed E-state index contributed by atoms with van der Waals surface area (Å²) < 4.78 is 12.7. The number of hydrogen-bond donors (Lipinski definition) is 0. The predicted octanol–water partition coefficient (Wildman–Crippen LogP) is 2.82. The number of benzene rings is 1. The van der Waals surface area contributed by atoms with Gasteiger partial charge in [-0.3, -0.25) is 13.8 Å². The number of hydrogen-bond acceptors (Lipinski definition) is 5. The lowest BCUT2D eigenvalue weighted by Crippen LogP contribution is -2.19. The quantitative estimate of drug-likeness (QED) is 0.744. The molecule has 0 spiro atoms. The van der Waals surface area contributed by atoms with Gasteiger partial charge >= 0.3 is 0 Å². The van der Waals surface area contributed by atoms with Gasteiger partial charge in [0.25, 0.3) is 0 Å². The molecule has 1 aliphatic carbocycles. The summed E-state index contributed by atoms with van der Waals surface area (Å²) in [6.45, 7) is 3.82. The highest BCUT2D eigenvalue weighted by Gasteiger charge is 2.34. The Morgan fingerprint density at radius 3 is 2.43 bits per heavy atom. The lowest BCUT2D eigenvalue weighted by Gasteiger charge is -2.11. The second-order valence-electron chi connectivity index (χ2n) is 4.88. The molecule has 0 fully saturated rings. The molecular weight excluding hydrogens is 306 g/mol. The molecular formula is C15H13NO3S2. The zero-order valence-corrected chi connectivity index (χ0v) is 13.2. The van der Waals surface area contributed by atoms with Crippen molar-refractivity contribution in [3.05, 3.63) is 46.0 Å². The van der Waals surface area contributed by atoms with Crippen LogP contribution in [0.1, 0.15) is 51.6 Å². The van der Waals surface area contributed by atoms with E-state index in [-0.39, 0.29) is 22.5 Å². The summed E-state index contributed by atoms with van der Waals surface area (Å²) >= 11 is 1.08. The summed E-state index contributed by atoms with van der Waals surface area (Å²) in [6, 6.07) is 6.72. The highest BCUT2D eigenvalue weighted by atomic mass is 32.2. The Morgan fingerprint density at radius 1 is 1.19 bits per heavy atom. The van der Waals surface area contributed by atoms with Crippen LogP contribution in [-0.2, 0) is 10.8 Å². The van der Waals surface area contributed by atoms with Crippen molar-refractivity contribution in [3.63, 3.8) is 0 Å². The van der Waals surface area contributed by atoms with E-state index in [1.165, 1.54) is 0 Å². The first-order valence-corrected chi connectivity index (χ1v) is 8.67. The Bertz CT molecular complexity index is 726. The van der Waals surface area contributed by atoms with Crippen molar-refractivity contribution in [2.45, 2.75) is 29.9 Å². The lowest BCUT2D eigenvalue weighted by atomic mass is 9.92. The van der Waals surface area contributed by atoms with E-state index in [2.05, 4.69) is 4.98 Å². The first-order chi connectivity index (χ1) is 10.0. The second-order valence-corrected chi connectivity index (χ2v) is 7.92. The van der Waals surface area contributed by atoms with Gasteiger partial charge in [-0.05, 0) is 6.42 Å². The minimum Gasteiger partial charge on any atom is -0.288 e. The van der Waals surface area contributed by atoms with Crippen molar-refractivity contribution in [2.75, 3.05) is 0 Å². The fraction of sp³-hybridized carbons (Fsp3) is 0.267. The molecule has 2 aromatic rings. The van der Waals surface area contributed by atoms with Crippen molar-refractivity contribution < 1.29 is 13.8 Å². The molecule has 0 aliphatic heterocycles. The average molecular weight is 319 g/mol. The average Bonchev–Trinajstić information content (AvgIpc) is 2.96. The molecule has 2 unspecified atom stereocenters. The highest BCUT2D eigenvalue weighted by molar-refractivity contribution is 7.87. The lowest BCUT2D eigenvalue weighted by molar-refractivity contribution is 0.0979. The molecule has 0 bridgehead atoms. The van der Waals surface area contributed by atoms with E-state index in [0.29, 0.717) is 20.3 Å². The predicted molar refractivity (Wildman–Crippen MR) is 81.6 cm³/mol. The van der Waals surface area contributed by atoms with E-state index in [9.17, 15) is 13.8 Å². The Labute approximate surface area is 128 Å². The number of rotatable bonds is 3. The number of carbonyl (C=O) groups is 2. The SMILES string of the molecule is CCC(C)S(=O)c1nc2c(s1)C(=O)c1ccccc1C2=O. The van der Waals surface area contributed by atoms with Crippen LogP contribution in [0.5, 0.6) is 0 Å². The van der Waals surface area contributed by atoms with Gasteiger partial charge in [0.15, 0.2) is 4.34 Å². The Morgan fingerprint density at radius 2 is 1.81 bits per heavy atom. The number of fused-ring (bicyclic) bond motifs is 2. The second kappa shape index (κ2) is 5.27. The molecule has 1 aromatic heterocycles. The molecule has 4 nitrogen and oxygen atoms in total. The fourth-order valence-corrected chi connectivity index (χ4v) is 4.80. The van der Waals surface area contributed by atoms with Gasteiger partial charge in [-0.25, -0.2) is 4.98 Å². The zero-order chi connectivity index (χ0) is 15.1. The Kier molecular flexibility index (Phi) is 3.59. The van der Waals surface area contributed by atoms with Crippen LogP contribution in [0.15, 0.2) is 28.6 Å². The smallest absolute Gasteiger partial charge is 0.213 e. The number of thiazole rings is 1. The third-order valence-electron chi connectivity index (χ3n) is 3.56. The molecule has 2 atom stereocenters. The first-order valence-electron chi connectivity index (χ1n) is 6.64. The molecule has 0 amide bonds. The maximum absolute atomic E-state index is 12.4. The molecule has 1 heterocycles. The van der Waals surface area contributed by atoms with Crippen molar-refractivity contribution in [3.8, 4) is 0 Å². The van der Waals surface area contributed by atoms with Crippen LogP contribution in [0, 0.1) is 0 Å². The maximum Gasteiger partial charge on any atom is 0.213 e. The number of nitrogens with zero attached hydrogens (tertiary/aromatic N) is 1. The van der Waals surface area contributed by atoms with Gasteiger partial charge in [0.2, 0.25) is 11.6 Å². The largest absolute Gasteiger partial charge is 0.288 e. The third kappa shape index (κ3) is 2.18.